The smallest absolute Gasteiger partial charge is 0.0658 e. The number of hydrogen-bond acceptors (Lipinski definition) is 3. The molecule has 0 aromatic carbocycles. The van der Waals surface area contributed by atoms with Crippen molar-refractivity contribution in [1.29, 1.82) is 0 Å². The van der Waals surface area contributed by atoms with Gasteiger partial charge in [-0.15, -0.1) is 0 Å². The Labute approximate surface area is 60.9 Å². The number of nitrogens with zero attached hydrogens (tertiary/aromatic N) is 1. The fraction of sp³-hybridized carbons (Fsp3) is 0.429. The first-order valence-electron chi connectivity index (χ1n) is 3.28. The van der Waals surface area contributed by atoms with E-state index in [4.69, 9.17) is 4.74 Å². The van der Waals surface area contributed by atoms with E-state index < -0.39 is 0 Å². The monoisotopic (exact) mass is 140 g/mol. The Hall–Kier alpha value is -0.960. The zero-order chi connectivity index (χ0) is 7.23. The van der Waals surface area contributed by atoms with Gasteiger partial charge in [0, 0.05) is 19.5 Å². The molecule has 1 aliphatic heterocycles. The van der Waals surface area contributed by atoms with Gasteiger partial charge in [0.05, 0.1) is 13.2 Å². The predicted molar refractivity (Wildman–Crippen MR) is 40.0 cm³/mol. The van der Waals surface area contributed by atoms with Crippen molar-refractivity contribution in [2.75, 3.05) is 20.3 Å². The van der Waals surface area contributed by atoms with Gasteiger partial charge in [-0.05, 0) is 12.2 Å². The minimum absolute atomic E-state index is 0.741. The van der Waals surface area contributed by atoms with Gasteiger partial charge in [-0.25, -0.2) is 0 Å². The van der Waals surface area contributed by atoms with E-state index in [1.807, 2.05) is 29.6 Å². The van der Waals surface area contributed by atoms with Crippen LogP contribution < -0.4 is 5.43 Å². The second-order valence-electron chi connectivity index (χ2n) is 2.02. The van der Waals surface area contributed by atoms with E-state index in [-0.39, 0.29) is 0 Å². The molecule has 1 aliphatic rings. The van der Waals surface area contributed by atoms with Gasteiger partial charge in [-0.3, -0.25) is 5.01 Å². The molecule has 3 heteroatoms. The molecular weight excluding hydrogens is 128 g/mol. The summed E-state index contributed by atoms with van der Waals surface area (Å²) in [4.78, 5) is 0. The maximum Gasteiger partial charge on any atom is 0.0658 e. The van der Waals surface area contributed by atoms with E-state index in [1.54, 1.807) is 7.11 Å². The van der Waals surface area contributed by atoms with Crippen molar-refractivity contribution >= 4 is 0 Å². The quantitative estimate of drug-likeness (QED) is 0.617. The van der Waals surface area contributed by atoms with E-state index in [1.165, 1.54) is 0 Å². The molecular formula is C7H12N2O. The lowest BCUT2D eigenvalue weighted by Gasteiger charge is -2.21. The SMILES string of the molecule is COCCN1C=CC=CN1. The standard InChI is InChI=1S/C7H12N2O/c1-10-7-6-9-5-3-2-4-8-9/h2-5,8H,6-7H2,1H3. The average Bonchev–Trinajstić information content (AvgIpc) is 2.03. The van der Waals surface area contributed by atoms with Crippen LogP contribution in [-0.4, -0.2) is 25.3 Å². The van der Waals surface area contributed by atoms with Crippen molar-refractivity contribution in [3.8, 4) is 0 Å². The molecule has 1 heterocycles. The molecule has 3 nitrogen and oxygen atoms in total. The van der Waals surface area contributed by atoms with Gasteiger partial charge in [-0.2, -0.15) is 0 Å². The summed E-state index contributed by atoms with van der Waals surface area (Å²) in [5.74, 6) is 0. The molecule has 1 rings (SSSR count). The van der Waals surface area contributed by atoms with Gasteiger partial charge in [-0.1, -0.05) is 0 Å². The molecule has 0 radical (unpaired) electrons. The Balaban J connectivity index is 2.17. The number of methoxy groups -OCH3 is 1. The highest BCUT2D eigenvalue weighted by molar-refractivity contribution is 5.04. The summed E-state index contributed by atoms with van der Waals surface area (Å²) in [7, 11) is 1.70. The van der Waals surface area contributed by atoms with Gasteiger partial charge < -0.3 is 10.2 Å². The first-order valence-corrected chi connectivity index (χ1v) is 3.28. The molecule has 0 unspecified atom stereocenters. The van der Waals surface area contributed by atoms with Crippen LogP contribution >= 0.6 is 0 Å². The lowest BCUT2D eigenvalue weighted by atomic mass is 10.5. The molecule has 0 amide bonds. The fourth-order valence-corrected chi connectivity index (χ4v) is 0.720. The van der Waals surface area contributed by atoms with Gasteiger partial charge in [0.25, 0.3) is 0 Å². The van der Waals surface area contributed by atoms with Crippen molar-refractivity contribution in [2.24, 2.45) is 0 Å². The number of nitrogens with one attached hydrogen (secondary N) is 1. The van der Waals surface area contributed by atoms with Gasteiger partial charge in [0.15, 0.2) is 0 Å². The van der Waals surface area contributed by atoms with Crippen molar-refractivity contribution in [3.63, 3.8) is 0 Å². The predicted octanol–water partition coefficient (Wildman–Crippen LogP) is 0.480. The third-order valence-corrected chi connectivity index (χ3v) is 1.25. The van der Waals surface area contributed by atoms with Gasteiger partial charge in [0.1, 0.15) is 0 Å². The van der Waals surface area contributed by atoms with E-state index >= 15 is 0 Å². The van der Waals surface area contributed by atoms with Crippen molar-refractivity contribution in [2.45, 2.75) is 0 Å². The van der Waals surface area contributed by atoms with Crippen LogP contribution in [0.1, 0.15) is 0 Å². The van der Waals surface area contributed by atoms with E-state index in [9.17, 15) is 0 Å². The molecule has 0 spiro atoms. The van der Waals surface area contributed by atoms with Gasteiger partial charge in [0.2, 0.25) is 0 Å². The molecule has 1 N–H and O–H groups in total. The van der Waals surface area contributed by atoms with Crippen LogP contribution in [0.4, 0.5) is 0 Å². The molecule has 10 heavy (non-hydrogen) atoms. The van der Waals surface area contributed by atoms with Crippen LogP contribution in [0, 0.1) is 0 Å². The topological polar surface area (TPSA) is 24.5 Å². The van der Waals surface area contributed by atoms with Crippen LogP contribution in [0.5, 0.6) is 0 Å². The Morgan fingerprint density at radius 3 is 3.00 bits per heavy atom. The van der Waals surface area contributed by atoms with Crippen molar-refractivity contribution in [3.05, 3.63) is 24.6 Å². The highest BCUT2D eigenvalue weighted by Crippen LogP contribution is 1.91. The molecule has 0 saturated carbocycles. The summed E-state index contributed by atoms with van der Waals surface area (Å²) in [6, 6.07) is 0. The van der Waals surface area contributed by atoms with Crippen LogP contribution in [0.2, 0.25) is 0 Å². The Kier molecular flexibility index (Phi) is 2.83. The van der Waals surface area contributed by atoms with Crippen molar-refractivity contribution in [1.82, 2.24) is 10.4 Å². The molecule has 0 saturated heterocycles. The van der Waals surface area contributed by atoms with E-state index in [0.29, 0.717) is 0 Å². The summed E-state index contributed by atoms with van der Waals surface area (Å²) in [5, 5.41) is 1.96. The summed E-state index contributed by atoms with van der Waals surface area (Å²) in [5.41, 5.74) is 3.04. The maximum absolute atomic E-state index is 4.90. The third kappa shape index (κ3) is 2.11. The van der Waals surface area contributed by atoms with Crippen LogP contribution in [0.15, 0.2) is 24.6 Å². The minimum atomic E-state index is 0.741. The highest BCUT2D eigenvalue weighted by atomic mass is 16.5. The second-order valence-corrected chi connectivity index (χ2v) is 2.02. The lowest BCUT2D eigenvalue weighted by molar-refractivity contribution is 0.156. The zero-order valence-electron chi connectivity index (χ0n) is 6.08. The first kappa shape index (κ1) is 7.15. The molecule has 0 atom stereocenters. The molecule has 0 fully saturated rings. The normalized spacial score (nSPS) is 15.5. The number of rotatable bonds is 3. The molecule has 0 bridgehead atoms. The number of hydrazine groups is 1. The summed E-state index contributed by atoms with van der Waals surface area (Å²) < 4.78 is 4.90. The molecule has 0 aromatic heterocycles. The van der Waals surface area contributed by atoms with Crippen LogP contribution in [-0.2, 0) is 4.74 Å². The third-order valence-electron chi connectivity index (χ3n) is 1.25. The molecule has 0 aliphatic carbocycles. The van der Waals surface area contributed by atoms with Gasteiger partial charge >= 0.3 is 0 Å². The summed E-state index contributed by atoms with van der Waals surface area (Å²) >= 11 is 0. The highest BCUT2D eigenvalue weighted by Gasteiger charge is 1.95. The Morgan fingerprint density at radius 2 is 2.40 bits per heavy atom. The Morgan fingerprint density at radius 1 is 1.50 bits per heavy atom. The maximum atomic E-state index is 4.90. The fourth-order valence-electron chi connectivity index (χ4n) is 0.720. The minimum Gasteiger partial charge on any atom is -0.383 e. The van der Waals surface area contributed by atoms with Crippen LogP contribution in [0.25, 0.3) is 0 Å². The van der Waals surface area contributed by atoms with E-state index in [0.717, 1.165) is 13.2 Å². The van der Waals surface area contributed by atoms with E-state index in [2.05, 4.69) is 5.43 Å². The second kappa shape index (κ2) is 3.95. The molecule has 56 valence electrons. The number of hydrogen-bond donors (Lipinski definition) is 1. The average molecular weight is 140 g/mol. The summed E-state index contributed by atoms with van der Waals surface area (Å²) in [6.45, 7) is 1.61. The molecule has 0 aromatic rings. The van der Waals surface area contributed by atoms with Crippen molar-refractivity contribution < 1.29 is 4.74 Å². The largest absolute Gasteiger partial charge is 0.383 e. The number of ether oxygens (including phenoxy) is 1. The van der Waals surface area contributed by atoms with Crippen LogP contribution in [0.3, 0.4) is 0 Å². The Bertz CT molecular complexity index is 143. The number of allylic oxidation sites excluding steroid dienone is 2. The lowest BCUT2D eigenvalue weighted by Crippen LogP contribution is -2.33. The first-order chi connectivity index (χ1) is 4.93. The zero-order valence-corrected chi connectivity index (χ0v) is 6.08. The summed E-state index contributed by atoms with van der Waals surface area (Å²) in [6.07, 6.45) is 7.78.